The van der Waals surface area contributed by atoms with Crippen molar-refractivity contribution in [3.05, 3.63) is 36.0 Å². The summed E-state index contributed by atoms with van der Waals surface area (Å²) in [6.45, 7) is 4.06. The Kier molecular flexibility index (Phi) is 4.04. The molecule has 0 atom stereocenters. The molecule has 0 aliphatic heterocycles. The molecule has 0 aromatic carbocycles. The maximum Gasteiger partial charge on any atom is 0.315 e. The zero-order chi connectivity index (χ0) is 11.9. The van der Waals surface area contributed by atoms with Gasteiger partial charge in [-0.05, 0) is 18.7 Å². The summed E-state index contributed by atoms with van der Waals surface area (Å²) >= 11 is 0. The lowest BCUT2D eigenvalue weighted by Gasteiger charge is -1.99. The van der Waals surface area contributed by atoms with E-state index in [0.29, 0.717) is 25.0 Å². The summed E-state index contributed by atoms with van der Waals surface area (Å²) in [5.41, 5.74) is 0.930. The lowest BCUT2D eigenvalue weighted by atomic mass is 10.3. The molecule has 0 saturated carbocycles. The van der Waals surface area contributed by atoms with Crippen LogP contribution in [-0.2, 0) is 13.1 Å². The third kappa shape index (κ3) is 3.53. The van der Waals surface area contributed by atoms with Crippen LogP contribution in [0.2, 0.25) is 0 Å². The molecular formula is C11H15N5O. The number of pyridine rings is 1. The maximum absolute atomic E-state index is 5.38. The zero-order valence-electron chi connectivity index (χ0n) is 9.68. The van der Waals surface area contributed by atoms with Crippen LogP contribution in [0.1, 0.15) is 18.5 Å². The first-order chi connectivity index (χ1) is 8.38. The zero-order valence-corrected chi connectivity index (χ0v) is 9.68. The molecule has 90 valence electrons. The van der Waals surface area contributed by atoms with Crippen molar-refractivity contribution in [2.45, 2.75) is 20.0 Å². The summed E-state index contributed by atoms with van der Waals surface area (Å²) in [4.78, 5) is 4.19. The molecule has 2 aromatic heterocycles. The Balaban J connectivity index is 1.85. The Hall–Kier alpha value is -1.95. The van der Waals surface area contributed by atoms with Crippen LogP contribution in [0.3, 0.4) is 0 Å². The quantitative estimate of drug-likeness (QED) is 0.780. The van der Waals surface area contributed by atoms with Crippen LogP contribution in [0.25, 0.3) is 0 Å². The van der Waals surface area contributed by atoms with Gasteiger partial charge >= 0.3 is 6.01 Å². The Morgan fingerprint density at radius 1 is 1.24 bits per heavy atom. The van der Waals surface area contributed by atoms with E-state index < -0.39 is 0 Å². The fourth-order valence-electron chi connectivity index (χ4n) is 1.30. The predicted molar refractivity (Wildman–Crippen MR) is 63.2 cm³/mol. The number of rotatable bonds is 6. The van der Waals surface area contributed by atoms with Gasteiger partial charge in [0, 0.05) is 6.20 Å². The molecule has 17 heavy (non-hydrogen) atoms. The van der Waals surface area contributed by atoms with Crippen molar-refractivity contribution < 1.29 is 4.42 Å². The Morgan fingerprint density at radius 2 is 2.18 bits per heavy atom. The van der Waals surface area contributed by atoms with Gasteiger partial charge in [0.2, 0.25) is 5.89 Å². The molecule has 2 aromatic rings. The van der Waals surface area contributed by atoms with Crippen LogP contribution < -0.4 is 10.6 Å². The number of nitrogens with zero attached hydrogens (tertiary/aromatic N) is 3. The number of nitrogens with one attached hydrogen (secondary N) is 2. The van der Waals surface area contributed by atoms with Gasteiger partial charge in [0.15, 0.2) is 0 Å². The van der Waals surface area contributed by atoms with Crippen molar-refractivity contribution >= 4 is 6.01 Å². The molecular weight excluding hydrogens is 218 g/mol. The van der Waals surface area contributed by atoms with Gasteiger partial charge in [-0.2, -0.15) is 0 Å². The number of hydrogen-bond donors (Lipinski definition) is 2. The molecule has 0 bridgehead atoms. The minimum Gasteiger partial charge on any atom is -0.407 e. The van der Waals surface area contributed by atoms with Crippen LogP contribution in [0.15, 0.2) is 28.8 Å². The van der Waals surface area contributed by atoms with E-state index in [4.69, 9.17) is 4.42 Å². The van der Waals surface area contributed by atoms with E-state index in [2.05, 4.69) is 25.8 Å². The maximum atomic E-state index is 5.38. The summed E-state index contributed by atoms with van der Waals surface area (Å²) in [5, 5.41) is 13.9. The third-order valence-electron chi connectivity index (χ3n) is 2.14. The van der Waals surface area contributed by atoms with Crippen molar-refractivity contribution in [2.75, 3.05) is 11.9 Å². The third-order valence-corrected chi connectivity index (χ3v) is 2.14. The normalized spacial score (nSPS) is 10.4. The molecule has 0 amide bonds. The molecule has 0 saturated heterocycles. The van der Waals surface area contributed by atoms with Crippen LogP contribution in [-0.4, -0.2) is 21.7 Å². The molecule has 0 radical (unpaired) electrons. The number of anilines is 1. The van der Waals surface area contributed by atoms with E-state index in [0.717, 1.165) is 12.2 Å². The van der Waals surface area contributed by atoms with E-state index in [1.165, 1.54) is 0 Å². The highest BCUT2D eigenvalue weighted by molar-refractivity contribution is 5.19. The van der Waals surface area contributed by atoms with Crippen molar-refractivity contribution in [2.24, 2.45) is 0 Å². The summed E-state index contributed by atoms with van der Waals surface area (Å²) in [6.07, 6.45) is 1.75. The van der Waals surface area contributed by atoms with Crippen molar-refractivity contribution in [1.29, 1.82) is 0 Å². The summed E-state index contributed by atoms with van der Waals surface area (Å²) in [7, 11) is 0. The Morgan fingerprint density at radius 3 is 2.94 bits per heavy atom. The molecule has 2 heterocycles. The van der Waals surface area contributed by atoms with Gasteiger partial charge in [0.25, 0.3) is 0 Å². The van der Waals surface area contributed by atoms with Gasteiger partial charge in [-0.25, -0.2) is 0 Å². The highest BCUT2D eigenvalue weighted by Crippen LogP contribution is 2.06. The second kappa shape index (κ2) is 5.95. The standard InChI is InChI=1S/C11H15N5O/c1-2-12-8-10-15-16-11(17-10)14-7-9-5-3-4-6-13-9/h3-6,12H,2,7-8H2,1H3,(H,14,16). The van der Waals surface area contributed by atoms with E-state index in [-0.39, 0.29) is 0 Å². The average molecular weight is 233 g/mol. The molecule has 0 spiro atoms. The van der Waals surface area contributed by atoms with Gasteiger partial charge in [-0.1, -0.05) is 18.1 Å². The van der Waals surface area contributed by atoms with Gasteiger partial charge < -0.3 is 15.1 Å². The minimum atomic E-state index is 0.420. The first kappa shape index (κ1) is 11.5. The second-order valence-corrected chi connectivity index (χ2v) is 3.46. The SMILES string of the molecule is CCNCc1nnc(NCc2ccccn2)o1. The molecule has 0 aliphatic carbocycles. The largest absolute Gasteiger partial charge is 0.407 e. The summed E-state index contributed by atoms with van der Waals surface area (Å²) < 4.78 is 5.38. The van der Waals surface area contributed by atoms with E-state index in [1.54, 1.807) is 6.20 Å². The topological polar surface area (TPSA) is 75.9 Å². The first-order valence-corrected chi connectivity index (χ1v) is 5.55. The summed E-state index contributed by atoms with van der Waals surface area (Å²) in [5.74, 6) is 0.579. The molecule has 2 rings (SSSR count). The van der Waals surface area contributed by atoms with E-state index in [9.17, 15) is 0 Å². The van der Waals surface area contributed by atoms with Crippen LogP contribution in [0.5, 0.6) is 0 Å². The molecule has 0 fully saturated rings. The molecule has 6 nitrogen and oxygen atoms in total. The lowest BCUT2D eigenvalue weighted by Crippen LogP contribution is -2.11. The van der Waals surface area contributed by atoms with Gasteiger partial charge in [0.1, 0.15) is 0 Å². The minimum absolute atomic E-state index is 0.420. The Bertz CT molecular complexity index is 442. The lowest BCUT2D eigenvalue weighted by molar-refractivity contribution is 0.481. The van der Waals surface area contributed by atoms with Crippen molar-refractivity contribution in [3.8, 4) is 0 Å². The Labute approximate surface area is 99.5 Å². The average Bonchev–Trinajstić information content (AvgIpc) is 2.83. The van der Waals surface area contributed by atoms with Gasteiger partial charge in [0.05, 0.1) is 18.8 Å². The highest BCUT2D eigenvalue weighted by atomic mass is 16.4. The van der Waals surface area contributed by atoms with E-state index in [1.807, 2.05) is 25.1 Å². The fourth-order valence-corrected chi connectivity index (χ4v) is 1.30. The fraction of sp³-hybridized carbons (Fsp3) is 0.364. The first-order valence-electron chi connectivity index (χ1n) is 5.55. The molecule has 0 aliphatic rings. The van der Waals surface area contributed by atoms with Gasteiger partial charge in [-0.15, -0.1) is 5.10 Å². The van der Waals surface area contributed by atoms with Crippen LogP contribution in [0, 0.1) is 0 Å². The van der Waals surface area contributed by atoms with E-state index >= 15 is 0 Å². The molecule has 6 heteroatoms. The van der Waals surface area contributed by atoms with Crippen molar-refractivity contribution in [1.82, 2.24) is 20.5 Å². The second-order valence-electron chi connectivity index (χ2n) is 3.46. The predicted octanol–water partition coefficient (Wildman–Crippen LogP) is 1.19. The monoisotopic (exact) mass is 233 g/mol. The van der Waals surface area contributed by atoms with Gasteiger partial charge in [-0.3, -0.25) is 4.98 Å². The van der Waals surface area contributed by atoms with Crippen molar-refractivity contribution in [3.63, 3.8) is 0 Å². The number of hydrogen-bond acceptors (Lipinski definition) is 6. The summed E-state index contributed by atoms with van der Waals surface area (Å²) in [6, 6.07) is 6.17. The highest BCUT2D eigenvalue weighted by Gasteiger charge is 2.04. The van der Waals surface area contributed by atoms with Crippen LogP contribution in [0.4, 0.5) is 6.01 Å². The molecule has 0 unspecified atom stereocenters. The number of aromatic nitrogens is 3. The smallest absolute Gasteiger partial charge is 0.315 e. The molecule has 2 N–H and O–H groups in total. The van der Waals surface area contributed by atoms with Crippen LogP contribution >= 0.6 is 0 Å².